The van der Waals surface area contributed by atoms with Gasteiger partial charge in [0, 0.05) is 25.0 Å². The third-order valence-corrected chi connectivity index (χ3v) is 15.4. The maximum Gasteiger partial charge on any atom is 0.309 e. The van der Waals surface area contributed by atoms with E-state index in [1.807, 2.05) is 40.7 Å². The van der Waals surface area contributed by atoms with E-state index in [2.05, 4.69) is 174 Å². The summed E-state index contributed by atoms with van der Waals surface area (Å²) in [4.78, 5) is 56.7. The summed E-state index contributed by atoms with van der Waals surface area (Å²) >= 11 is 0. The molecule has 486 valence electrons. The highest BCUT2D eigenvalue weighted by Crippen LogP contribution is 2.26. The number of esters is 1. The molecule has 86 heavy (non-hydrogen) atoms. The van der Waals surface area contributed by atoms with Gasteiger partial charge in [-0.15, -0.1) is 0 Å². The highest BCUT2D eigenvalue weighted by atomic mass is 16.5. The van der Waals surface area contributed by atoms with Crippen LogP contribution in [0.15, 0.2) is 127 Å². The molecular formula is C74H120N2O10. The maximum atomic E-state index is 12.5. The lowest BCUT2D eigenvalue weighted by atomic mass is 9.90. The van der Waals surface area contributed by atoms with Crippen LogP contribution in [-0.2, 0) is 38.2 Å². The van der Waals surface area contributed by atoms with E-state index in [4.69, 9.17) is 19.3 Å². The van der Waals surface area contributed by atoms with Crippen molar-refractivity contribution in [1.29, 1.82) is 0 Å². The van der Waals surface area contributed by atoms with E-state index in [0.29, 0.717) is 63.6 Å². The lowest BCUT2D eigenvalue weighted by molar-refractivity contribution is -0.148. The fraction of sp³-hybridized carbons (Fsp3) is 0.608. The van der Waals surface area contributed by atoms with Gasteiger partial charge >= 0.3 is 17.9 Å². The number of carboxylic acid groups (broad SMARTS) is 2. The summed E-state index contributed by atoms with van der Waals surface area (Å²) in [6.07, 6.45) is 30.4. The number of amides is 2. The number of benzene rings is 3. The van der Waals surface area contributed by atoms with Gasteiger partial charge in [-0.05, 0) is 158 Å². The molecule has 7 atom stereocenters. The van der Waals surface area contributed by atoms with Crippen molar-refractivity contribution in [1.82, 2.24) is 10.6 Å². The number of rotatable bonds is 39. The van der Waals surface area contributed by atoms with E-state index >= 15 is 0 Å². The second kappa shape index (κ2) is 54.5. The summed E-state index contributed by atoms with van der Waals surface area (Å²) in [6, 6.07) is 32.0. The van der Waals surface area contributed by atoms with Crippen LogP contribution in [0.4, 0.5) is 0 Å². The lowest BCUT2D eigenvalue weighted by Crippen LogP contribution is -2.34. The first kappa shape index (κ1) is 82.2. The molecule has 7 unspecified atom stereocenters. The normalized spacial score (nSPS) is 13.6. The number of nitrogens with one attached hydrogen (secondary N) is 2. The van der Waals surface area contributed by atoms with Crippen molar-refractivity contribution in [2.45, 2.75) is 230 Å². The van der Waals surface area contributed by atoms with Crippen molar-refractivity contribution >= 4 is 29.7 Å². The lowest BCUT2D eigenvalue weighted by Gasteiger charge is -2.18. The SMILES string of the molecule is CCC(C)(C)C(=O)O.CCC=CCC(CC)c1ccccc1.CCCCOCNC(=O)C(C)CC/C=C/CC(CC)c1ccccc1.CCCCOCNC(=O)C(CC/C=C/CC(CC)c1ccccc1)CC(C)C(=O)O.CCOC(=O)C(C)CC. The Balaban J connectivity index is 0. The molecule has 0 saturated carbocycles. The fourth-order valence-corrected chi connectivity index (χ4v) is 8.44. The summed E-state index contributed by atoms with van der Waals surface area (Å²) in [7, 11) is 0. The second-order valence-electron chi connectivity index (χ2n) is 22.8. The first-order valence-electron chi connectivity index (χ1n) is 32.7. The topological polar surface area (TPSA) is 178 Å². The number of carboxylic acids is 2. The smallest absolute Gasteiger partial charge is 0.309 e. The first-order chi connectivity index (χ1) is 41.3. The Morgan fingerprint density at radius 3 is 1.26 bits per heavy atom. The van der Waals surface area contributed by atoms with Gasteiger partial charge in [0.1, 0.15) is 13.5 Å². The number of hydrogen-bond acceptors (Lipinski definition) is 8. The summed E-state index contributed by atoms with van der Waals surface area (Å²) in [5.41, 5.74) is 3.68. The third kappa shape index (κ3) is 42.1. The molecule has 0 spiro atoms. The molecule has 0 fully saturated rings. The summed E-state index contributed by atoms with van der Waals surface area (Å²) in [5.74, 6) is -0.729. The molecule has 0 radical (unpaired) electrons. The van der Waals surface area contributed by atoms with E-state index in [0.717, 1.165) is 83.5 Å². The van der Waals surface area contributed by atoms with Gasteiger partial charge in [0.2, 0.25) is 11.8 Å². The molecule has 0 saturated heterocycles. The minimum absolute atomic E-state index is 0.0236. The van der Waals surface area contributed by atoms with Gasteiger partial charge < -0.3 is 35.1 Å². The minimum Gasteiger partial charge on any atom is -0.481 e. The Bertz CT molecular complexity index is 2210. The number of ether oxygens (including phenoxy) is 3. The molecular weight excluding hydrogens is 1080 g/mol. The molecule has 12 nitrogen and oxygen atoms in total. The summed E-state index contributed by atoms with van der Waals surface area (Å²) in [5, 5.41) is 23.3. The zero-order valence-electron chi connectivity index (χ0n) is 56.1. The van der Waals surface area contributed by atoms with Crippen molar-refractivity contribution in [3.63, 3.8) is 0 Å². The van der Waals surface area contributed by atoms with Gasteiger partial charge in [-0.3, -0.25) is 24.0 Å². The Kier molecular flexibility index (Phi) is 52.1. The van der Waals surface area contributed by atoms with Crippen LogP contribution in [0.1, 0.15) is 247 Å². The standard InChI is InChI=1S/C25H39NO4.C22H35NO2.C14H20.C7H14O2.C6H12O2/c1-4-6-17-30-19-26-24(27)23(18-20(3)25(28)29)16-12-7-9-13-21(5-2)22-14-10-8-11-15-22;1-4-6-17-25-18-23-22(24)19(3)13-9-7-10-14-20(5-2)21-15-11-8-12-16-21;1-3-5-7-10-13(4-2)14-11-8-6-9-12-14;1-4-6(3)7(8)9-5-2;1-4-6(2,3)5(7)8/h7-11,14-15,20-21,23H,4-6,12-13,16-19H2,1-3H3,(H,26,27)(H,28,29);7-8,10-12,15-16,19-20H,4-6,9,13-14,17-18H2,1-3H3,(H,23,24);5-9,11-13H,3-4,10H2,1-2H3;6H,4-5H2,1-3H3;4H2,1-3H3,(H,7,8)/b9-7+;10-7+;;;. The van der Waals surface area contributed by atoms with E-state index in [1.165, 1.54) is 29.5 Å². The maximum absolute atomic E-state index is 12.5. The Labute approximate surface area is 523 Å². The van der Waals surface area contributed by atoms with Crippen molar-refractivity contribution in [2.24, 2.45) is 29.1 Å². The van der Waals surface area contributed by atoms with Gasteiger partial charge in [0.15, 0.2) is 0 Å². The molecule has 0 heterocycles. The first-order valence-corrected chi connectivity index (χ1v) is 32.7. The van der Waals surface area contributed by atoms with Gasteiger partial charge in [-0.1, -0.05) is 216 Å². The Morgan fingerprint density at radius 1 is 0.512 bits per heavy atom. The van der Waals surface area contributed by atoms with Gasteiger partial charge in [-0.2, -0.15) is 0 Å². The highest BCUT2D eigenvalue weighted by Gasteiger charge is 2.25. The number of carbonyl (C=O) groups is 5. The van der Waals surface area contributed by atoms with Crippen LogP contribution in [0, 0.1) is 29.1 Å². The molecule has 4 N–H and O–H groups in total. The average molecular weight is 1200 g/mol. The van der Waals surface area contributed by atoms with Crippen LogP contribution < -0.4 is 10.6 Å². The number of hydrogen-bond donors (Lipinski definition) is 4. The third-order valence-electron chi connectivity index (χ3n) is 15.4. The van der Waals surface area contributed by atoms with E-state index < -0.39 is 23.3 Å². The Morgan fingerprint density at radius 2 is 0.919 bits per heavy atom. The highest BCUT2D eigenvalue weighted by molar-refractivity contribution is 5.79. The Hall–Kier alpha value is -5.85. The van der Waals surface area contributed by atoms with Crippen molar-refractivity contribution < 1.29 is 48.4 Å². The van der Waals surface area contributed by atoms with Crippen molar-refractivity contribution in [2.75, 3.05) is 33.3 Å². The molecule has 0 aliphatic heterocycles. The quantitative estimate of drug-likeness (QED) is 0.0186. The molecule has 0 aliphatic rings. The average Bonchev–Trinajstić information content (AvgIpc) is 3.64. The molecule has 12 heteroatoms. The van der Waals surface area contributed by atoms with Crippen molar-refractivity contribution in [3.05, 3.63) is 144 Å². The fourth-order valence-electron chi connectivity index (χ4n) is 8.44. The monoisotopic (exact) mass is 1200 g/mol. The van der Waals surface area contributed by atoms with Crippen LogP contribution in [0.25, 0.3) is 0 Å². The number of allylic oxidation sites excluding steroid dienone is 6. The predicted octanol–water partition coefficient (Wildman–Crippen LogP) is 18.6. The predicted molar refractivity (Wildman–Crippen MR) is 358 cm³/mol. The second-order valence-corrected chi connectivity index (χ2v) is 22.8. The molecule has 3 rings (SSSR count). The molecule has 0 bridgehead atoms. The molecule has 0 aliphatic carbocycles. The number of aliphatic carboxylic acids is 2. The van der Waals surface area contributed by atoms with Gasteiger partial charge in [0.25, 0.3) is 0 Å². The van der Waals surface area contributed by atoms with E-state index in [-0.39, 0.29) is 42.3 Å². The zero-order chi connectivity index (χ0) is 64.8. The van der Waals surface area contributed by atoms with E-state index in [9.17, 15) is 29.1 Å². The summed E-state index contributed by atoms with van der Waals surface area (Å²) in [6.45, 7) is 30.0. The molecule has 0 aromatic heterocycles. The molecule has 2 amide bonds. The molecule has 3 aromatic carbocycles. The zero-order valence-corrected chi connectivity index (χ0v) is 56.1. The van der Waals surface area contributed by atoms with Crippen LogP contribution in [-0.4, -0.2) is 73.2 Å². The van der Waals surface area contributed by atoms with Crippen LogP contribution in [0.2, 0.25) is 0 Å². The summed E-state index contributed by atoms with van der Waals surface area (Å²) < 4.78 is 15.5. The van der Waals surface area contributed by atoms with Gasteiger partial charge in [0.05, 0.1) is 23.9 Å². The van der Waals surface area contributed by atoms with Gasteiger partial charge in [-0.25, -0.2) is 0 Å². The van der Waals surface area contributed by atoms with Crippen LogP contribution >= 0.6 is 0 Å². The largest absolute Gasteiger partial charge is 0.481 e. The van der Waals surface area contributed by atoms with Crippen LogP contribution in [0.3, 0.4) is 0 Å². The molecule has 3 aromatic rings. The number of unbranched alkanes of at least 4 members (excludes halogenated alkanes) is 2. The van der Waals surface area contributed by atoms with Crippen LogP contribution in [0.5, 0.6) is 0 Å². The van der Waals surface area contributed by atoms with E-state index in [1.54, 1.807) is 20.8 Å². The number of carbonyl (C=O) groups excluding carboxylic acids is 3. The minimum atomic E-state index is -0.865. The van der Waals surface area contributed by atoms with Crippen molar-refractivity contribution in [3.8, 4) is 0 Å².